The Morgan fingerprint density at radius 1 is 1.28 bits per heavy atom. The molecule has 4 nitrogen and oxygen atoms in total. The van der Waals surface area contributed by atoms with Crippen LogP contribution in [0.2, 0.25) is 0 Å². The predicted molar refractivity (Wildman–Crippen MR) is 73.3 cm³/mol. The van der Waals surface area contributed by atoms with Crippen LogP contribution < -0.4 is 15.2 Å². The highest BCUT2D eigenvalue weighted by Crippen LogP contribution is 2.38. The van der Waals surface area contributed by atoms with Crippen LogP contribution in [0.15, 0.2) is 18.2 Å². The van der Waals surface area contributed by atoms with Gasteiger partial charge in [-0.2, -0.15) is 0 Å². The van der Waals surface area contributed by atoms with Gasteiger partial charge in [0.05, 0.1) is 24.8 Å². The van der Waals surface area contributed by atoms with Crippen LogP contribution in [-0.4, -0.2) is 19.2 Å². The topological polar surface area (TPSA) is 57.4 Å². The fourth-order valence-corrected chi connectivity index (χ4v) is 2.75. The SMILES string of the molecule is COc1ccc(-c2sc(CN)nc2C)c(OC)c1. The molecule has 0 saturated carbocycles. The summed E-state index contributed by atoms with van der Waals surface area (Å²) in [6, 6.07) is 5.77. The number of aryl methyl sites for hydroxylation is 1. The van der Waals surface area contributed by atoms with Gasteiger partial charge in [-0.15, -0.1) is 11.3 Å². The molecule has 0 atom stereocenters. The first-order valence-electron chi connectivity index (χ1n) is 5.58. The highest BCUT2D eigenvalue weighted by Gasteiger charge is 2.14. The van der Waals surface area contributed by atoms with Crippen LogP contribution in [0.25, 0.3) is 10.4 Å². The minimum absolute atomic E-state index is 0.462. The van der Waals surface area contributed by atoms with Crippen molar-refractivity contribution in [3.05, 3.63) is 28.9 Å². The van der Waals surface area contributed by atoms with E-state index in [1.165, 1.54) is 0 Å². The third-order valence-corrected chi connectivity index (χ3v) is 3.88. The smallest absolute Gasteiger partial charge is 0.131 e. The molecule has 18 heavy (non-hydrogen) atoms. The first-order valence-corrected chi connectivity index (χ1v) is 6.40. The van der Waals surface area contributed by atoms with Gasteiger partial charge in [0.15, 0.2) is 0 Å². The molecule has 0 unspecified atom stereocenters. The van der Waals surface area contributed by atoms with E-state index in [9.17, 15) is 0 Å². The Kier molecular flexibility index (Phi) is 3.84. The minimum atomic E-state index is 0.462. The second kappa shape index (κ2) is 5.37. The fraction of sp³-hybridized carbons (Fsp3) is 0.308. The molecular formula is C13H16N2O2S. The molecule has 0 amide bonds. The molecule has 2 N–H and O–H groups in total. The van der Waals surface area contributed by atoms with Crippen molar-refractivity contribution in [3.8, 4) is 21.9 Å². The lowest BCUT2D eigenvalue weighted by Gasteiger charge is -2.09. The van der Waals surface area contributed by atoms with Gasteiger partial charge in [0.25, 0.3) is 0 Å². The molecule has 0 saturated heterocycles. The van der Waals surface area contributed by atoms with Crippen molar-refractivity contribution in [2.45, 2.75) is 13.5 Å². The molecule has 0 spiro atoms. The number of hydrogen-bond acceptors (Lipinski definition) is 5. The number of aromatic nitrogens is 1. The van der Waals surface area contributed by atoms with Crippen LogP contribution >= 0.6 is 11.3 Å². The van der Waals surface area contributed by atoms with E-state index in [2.05, 4.69) is 4.98 Å². The molecule has 1 aromatic carbocycles. The number of nitrogens with two attached hydrogens (primary N) is 1. The number of benzene rings is 1. The summed E-state index contributed by atoms with van der Waals surface area (Å²) < 4.78 is 10.6. The van der Waals surface area contributed by atoms with Gasteiger partial charge in [-0.3, -0.25) is 0 Å². The second-order valence-corrected chi connectivity index (χ2v) is 4.88. The van der Waals surface area contributed by atoms with E-state index < -0.39 is 0 Å². The third kappa shape index (κ3) is 2.32. The van der Waals surface area contributed by atoms with Crippen molar-refractivity contribution in [2.75, 3.05) is 14.2 Å². The van der Waals surface area contributed by atoms with E-state index in [1.54, 1.807) is 25.6 Å². The Hall–Kier alpha value is -1.59. The van der Waals surface area contributed by atoms with Crippen molar-refractivity contribution in [3.63, 3.8) is 0 Å². The molecule has 0 aliphatic heterocycles. The van der Waals surface area contributed by atoms with Crippen molar-refractivity contribution in [1.29, 1.82) is 0 Å². The average molecular weight is 264 g/mol. The molecule has 1 heterocycles. The Morgan fingerprint density at radius 3 is 2.61 bits per heavy atom. The molecule has 0 aliphatic carbocycles. The summed E-state index contributed by atoms with van der Waals surface area (Å²) in [5.41, 5.74) is 7.62. The molecule has 0 fully saturated rings. The molecule has 5 heteroatoms. The lowest BCUT2D eigenvalue weighted by Crippen LogP contribution is -1.94. The summed E-state index contributed by atoms with van der Waals surface area (Å²) in [5, 5.41) is 0.931. The van der Waals surface area contributed by atoms with E-state index in [-0.39, 0.29) is 0 Å². The van der Waals surface area contributed by atoms with E-state index in [0.717, 1.165) is 32.6 Å². The van der Waals surface area contributed by atoms with E-state index >= 15 is 0 Å². The number of rotatable bonds is 4. The van der Waals surface area contributed by atoms with Gasteiger partial charge in [0, 0.05) is 18.2 Å². The Morgan fingerprint density at radius 2 is 2.06 bits per heavy atom. The van der Waals surface area contributed by atoms with E-state index in [0.29, 0.717) is 6.54 Å². The van der Waals surface area contributed by atoms with Crippen molar-refractivity contribution in [1.82, 2.24) is 4.98 Å². The summed E-state index contributed by atoms with van der Waals surface area (Å²) in [6.07, 6.45) is 0. The molecule has 2 rings (SSSR count). The number of thiazole rings is 1. The van der Waals surface area contributed by atoms with Crippen LogP contribution in [0.1, 0.15) is 10.7 Å². The maximum absolute atomic E-state index is 5.62. The fourth-order valence-electron chi connectivity index (χ4n) is 1.78. The summed E-state index contributed by atoms with van der Waals surface area (Å²) >= 11 is 1.60. The molecule has 1 aromatic heterocycles. The lowest BCUT2D eigenvalue weighted by molar-refractivity contribution is 0.395. The summed E-state index contributed by atoms with van der Waals surface area (Å²) in [4.78, 5) is 5.52. The average Bonchev–Trinajstić information content (AvgIpc) is 2.79. The largest absolute Gasteiger partial charge is 0.497 e. The maximum atomic E-state index is 5.62. The monoisotopic (exact) mass is 264 g/mol. The summed E-state index contributed by atoms with van der Waals surface area (Å²) in [6.45, 7) is 2.44. The number of ether oxygens (including phenoxy) is 2. The minimum Gasteiger partial charge on any atom is -0.497 e. The summed E-state index contributed by atoms with van der Waals surface area (Å²) in [7, 11) is 3.29. The van der Waals surface area contributed by atoms with Crippen LogP contribution in [0.4, 0.5) is 0 Å². The van der Waals surface area contributed by atoms with Crippen molar-refractivity contribution < 1.29 is 9.47 Å². The van der Waals surface area contributed by atoms with Crippen molar-refractivity contribution in [2.24, 2.45) is 5.73 Å². The van der Waals surface area contributed by atoms with Gasteiger partial charge in [-0.05, 0) is 19.1 Å². The Balaban J connectivity index is 2.52. The zero-order valence-corrected chi connectivity index (χ0v) is 11.5. The van der Waals surface area contributed by atoms with Gasteiger partial charge in [0.2, 0.25) is 0 Å². The van der Waals surface area contributed by atoms with E-state index in [1.807, 2.05) is 25.1 Å². The van der Waals surface area contributed by atoms with E-state index in [4.69, 9.17) is 15.2 Å². The number of hydrogen-bond donors (Lipinski definition) is 1. The molecule has 2 aromatic rings. The molecule has 0 bridgehead atoms. The van der Waals surface area contributed by atoms with Gasteiger partial charge in [0.1, 0.15) is 16.5 Å². The highest BCUT2D eigenvalue weighted by molar-refractivity contribution is 7.15. The third-order valence-electron chi connectivity index (χ3n) is 2.67. The second-order valence-electron chi connectivity index (χ2n) is 3.79. The quantitative estimate of drug-likeness (QED) is 0.922. The standard InChI is InChI=1S/C13H16N2O2S/c1-8-13(18-12(7-14)15-8)10-5-4-9(16-2)6-11(10)17-3/h4-6H,7,14H2,1-3H3. The van der Waals surface area contributed by atoms with Gasteiger partial charge in [-0.25, -0.2) is 4.98 Å². The van der Waals surface area contributed by atoms with Crippen LogP contribution in [0.5, 0.6) is 11.5 Å². The first kappa shape index (κ1) is 12.9. The summed E-state index contributed by atoms with van der Waals surface area (Å²) in [5.74, 6) is 1.56. The lowest BCUT2D eigenvalue weighted by atomic mass is 10.1. The number of nitrogens with zero attached hydrogens (tertiary/aromatic N) is 1. The highest BCUT2D eigenvalue weighted by atomic mass is 32.1. The van der Waals surface area contributed by atoms with Crippen LogP contribution in [0.3, 0.4) is 0 Å². The molecule has 96 valence electrons. The van der Waals surface area contributed by atoms with Gasteiger partial charge < -0.3 is 15.2 Å². The number of methoxy groups -OCH3 is 2. The first-order chi connectivity index (χ1) is 8.69. The molecule has 0 aliphatic rings. The van der Waals surface area contributed by atoms with Crippen LogP contribution in [0, 0.1) is 6.92 Å². The van der Waals surface area contributed by atoms with Gasteiger partial charge >= 0.3 is 0 Å². The normalized spacial score (nSPS) is 10.4. The maximum Gasteiger partial charge on any atom is 0.131 e. The molecular weight excluding hydrogens is 248 g/mol. The van der Waals surface area contributed by atoms with Crippen LogP contribution in [-0.2, 0) is 6.54 Å². The van der Waals surface area contributed by atoms with Gasteiger partial charge in [-0.1, -0.05) is 0 Å². The Labute approximate surface area is 110 Å². The molecule has 0 radical (unpaired) electrons. The zero-order chi connectivity index (χ0) is 13.1. The predicted octanol–water partition coefficient (Wildman–Crippen LogP) is 2.59. The Bertz CT molecular complexity index is 552. The zero-order valence-electron chi connectivity index (χ0n) is 10.7. The van der Waals surface area contributed by atoms with Crippen molar-refractivity contribution >= 4 is 11.3 Å².